The Balaban J connectivity index is 1.73. The Hall–Kier alpha value is -4.46. The van der Waals surface area contributed by atoms with E-state index in [1.165, 1.54) is 6.08 Å². The van der Waals surface area contributed by atoms with Crippen LogP contribution in [-0.2, 0) is 9.59 Å². The topological polar surface area (TPSA) is 114 Å². The summed E-state index contributed by atoms with van der Waals surface area (Å²) in [7, 11) is 0. The maximum absolute atomic E-state index is 13.1. The van der Waals surface area contributed by atoms with Gasteiger partial charge in [-0.3, -0.25) is 19.7 Å². The number of aryl methyl sites for hydroxylation is 2. The van der Waals surface area contributed by atoms with Gasteiger partial charge in [0.2, 0.25) is 5.91 Å². The summed E-state index contributed by atoms with van der Waals surface area (Å²) in [5.74, 6) is -1.95. The van der Waals surface area contributed by atoms with Crippen molar-refractivity contribution in [1.82, 2.24) is 9.88 Å². The molecule has 0 unspecified atom stereocenters. The van der Waals surface area contributed by atoms with E-state index in [9.17, 15) is 19.2 Å². The third kappa shape index (κ3) is 3.94. The molecule has 1 aromatic heterocycles. The normalized spacial score (nSPS) is 15.2. The van der Waals surface area contributed by atoms with Crippen molar-refractivity contribution in [3.05, 3.63) is 88.2 Å². The van der Waals surface area contributed by atoms with Crippen LogP contribution >= 0.6 is 0 Å². The zero-order valence-corrected chi connectivity index (χ0v) is 18.4. The van der Waals surface area contributed by atoms with Crippen LogP contribution in [-0.4, -0.2) is 28.3 Å². The van der Waals surface area contributed by atoms with Crippen LogP contribution in [0.1, 0.15) is 32.9 Å². The smallest absolute Gasteiger partial charge is 0.335 e. The number of nitrogens with zero attached hydrogens (tertiary/aromatic N) is 2. The molecule has 5 amide bonds. The van der Waals surface area contributed by atoms with E-state index in [0.29, 0.717) is 16.8 Å². The first-order valence-electron chi connectivity index (χ1n) is 10.2. The number of carbonyl (C=O) groups excluding carboxylic acids is 4. The van der Waals surface area contributed by atoms with Crippen molar-refractivity contribution in [3.8, 4) is 5.69 Å². The summed E-state index contributed by atoms with van der Waals surface area (Å²) < 4.78 is 1.94. The molecule has 0 bridgehead atoms. The summed E-state index contributed by atoms with van der Waals surface area (Å²) >= 11 is 0. The lowest BCUT2D eigenvalue weighted by Gasteiger charge is -2.26. The number of nitrogens with one attached hydrogen (secondary N) is 1. The van der Waals surface area contributed by atoms with Crippen LogP contribution in [0.25, 0.3) is 11.8 Å². The van der Waals surface area contributed by atoms with Gasteiger partial charge in [-0.15, -0.1) is 0 Å². The lowest BCUT2D eigenvalue weighted by atomic mass is 10.1. The molecule has 3 N–H and O–H groups in total. The van der Waals surface area contributed by atoms with Gasteiger partial charge in [0.05, 0.1) is 5.69 Å². The van der Waals surface area contributed by atoms with Crippen LogP contribution in [0.2, 0.25) is 0 Å². The van der Waals surface area contributed by atoms with Gasteiger partial charge in [-0.2, -0.15) is 0 Å². The second kappa shape index (κ2) is 8.23. The first-order valence-corrected chi connectivity index (χ1v) is 10.2. The van der Waals surface area contributed by atoms with Crippen LogP contribution in [0.3, 0.4) is 0 Å². The van der Waals surface area contributed by atoms with Crippen molar-refractivity contribution in [3.63, 3.8) is 0 Å². The van der Waals surface area contributed by atoms with Crippen molar-refractivity contribution in [2.24, 2.45) is 5.73 Å². The average Bonchev–Trinajstić information content (AvgIpc) is 3.05. The molecule has 0 atom stereocenters. The molecule has 0 radical (unpaired) electrons. The van der Waals surface area contributed by atoms with Crippen LogP contribution in [0, 0.1) is 20.8 Å². The first-order chi connectivity index (χ1) is 15.7. The number of nitrogens with two attached hydrogens (primary N) is 1. The highest BCUT2D eigenvalue weighted by Gasteiger charge is 2.37. The van der Waals surface area contributed by atoms with Gasteiger partial charge in [-0.25, -0.2) is 9.69 Å². The number of carbonyl (C=O) groups is 4. The minimum Gasteiger partial charge on any atom is -0.366 e. The third-order valence-electron chi connectivity index (χ3n) is 5.57. The lowest BCUT2D eigenvalue weighted by Crippen LogP contribution is -2.54. The summed E-state index contributed by atoms with van der Waals surface area (Å²) in [6.45, 7) is 5.64. The highest BCUT2D eigenvalue weighted by Crippen LogP contribution is 2.26. The molecular formula is C25H22N4O4. The molecule has 1 fully saturated rings. The van der Waals surface area contributed by atoms with Gasteiger partial charge in [0.25, 0.3) is 11.8 Å². The van der Waals surface area contributed by atoms with Crippen LogP contribution in [0.15, 0.2) is 60.2 Å². The van der Waals surface area contributed by atoms with Crippen molar-refractivity contribution >= 4 is 35.5 Å². The highest BCUT2D eigenvalue weighted by molar-refractivity contribution is 6.39. The summed E-state index contributed by atoms with van der Waals surface area (Å²) in [4.78, 5) is 50.4. The minimum atomic E-state index is -0.786. The Morgan fingerprint density at radius 1 is 0.909 bits per heavy atom. The van der Waals surface area contributed by atoms with Gasteiger partial charge in [0.15, 0.2) is 0 Å². The lowest BCUT2D eigenvalue weighted by molar-refractivity contribution is -0.122. The Morgan fingerprint density at radius 3 is 2.12 bits per heavy atom. The molecule has 0 aliphatic carbocycles. The molecule has 166 valence electrons. The third-order valence-corrected chi connectivity index (χ3v) is 5.57. The van der Waals surface area contributed by atoms with E-state index in [4.69, 9.17) is 5.73 Å². The first kappa shape index (κ1) is 21.8. The number of rotatable bonds is 4. The number of anilines is 1. The van der Waals surface area contributed by atoms with E-state index >= 15 is 0 Å². The second-order valence-electron chi connectivity index (χ2n) is 7.87. The van der Waals surface area contributed by atoms with Crippen molar-refractivity contribution in [2.75, 3.05) is 4.90 Å². The molecule has 0 saturated carbocycles. The molecule has 3 aromatic rings. The standard InChI is InChI=1S/C25H22N4O4/c1-14-4-8-20(9-5-14)29-24(32)21(23(31)27-25(29)33)13-18-12-15(2)28(16(18)3)19-10-6-17(7-11-19)22(26)30/h4-13H,1-3H3,(H2,26,30)(H,27,31,33)/b21-13+. The van der Waals surface area contributed by atoms with Crippen molar-refractivity contribution in [1.29, 1.82) is 0 Å². The summed E-state index contributed by atoms with van der Waals surface area (Å²) in [5, 5.41) is 2.24. The van der Waals surface area contributed by atoms with Gasteiger partial charge in [-0.1, -0.05) is 17.7 Å². The van der Waals surface area contributed by atoms with Gasteiger partial charge in [0, 0.05) is 22.6 Å². The number of barbiturate groups is 1. The Morgan fingerprint density at radius 2 is 1.52 bits per heavy atom. The fraction of sp³-hybridized carbons (Fsp3) is 0.120. The van der Waals surface area contributed by atoms with Gasteiger partial charge in [-0.05, 0) is 74.9 Å². The summed E-state index contributed by atoms with van der Waals surface area (Å²) in [6, 6.07) is 14.8. The average molecular weight is 442 g/mol. The Kier molecular flexibility index (Phi) is 5.43. The number of amides is 5. The van der Waals surface area contributed by atoms with E-state index in [-0.39, 0.29) is 5.57 Å². The number of urea groups is 1. The fourth-order valence-electron chi connectivity index (χ4n) is 3.85. The number of hydrogen-bond acceptors (Lipinski definition) is 4. The molecule has 33 heavy (non-hydrogen) atoms. The maximum Gasteiger partial charge on any atom is 0.335 e. The van der Waals surface area contributed by atoms with Crippen LogP contribution in [0.5, 0.6) is 0 Å². The zero-order valence-electron chi connectivity index (χ0n) is 18.4. The molecular weight excluding hydrogens is 420 g/mol. The van der Waals surface area contributed by atoms with Crippen molar-refractivity contribution < 1.29 is 19.2 Å². The van der Waals surface area contributed by atoms with Crippen LogP contribution < -0.4 is 16.0 Å². The van der Waals surface area contributed by atoms with E-state index in [2.05, 4.69) is 5.32 Å². The van der Waals surface area contributed by atoms with Gasteiger partial charge >= 0.3 is 6.03 Å². The van der Waals surface area contributed by atoms with Gasteiger partial charge in [0.1, 0.15) is 5.57 Å². The highest BCUT2D eigenvalue weighted by atomic mass is 16.2. The number of primary amides is 1. The molecule has 0 spiro atoms. The van der Waals surface area contributed by atoms with E-state index in [0.717, 1.165) is 27.5 Å². The van der Waals surface area contributed by atoms with E-state index in [1.807, 2.05) is 31.4 Å². The number of aromatic nitrogens is 1. The minimum absolute atomic E-state index is 0.139. The summed E-state index contributed by atoms with van der Waals surface area (Å²) in [6.07, 6.45) is 1.49. The Labute approximate surface area is 190 Å². The predicted molar refractivity (Wildman–Crippen MR) is 124 cm³/mol. The quantitative estimate of drug-likeness (QED) is 0.477. The number of hydrogen-bond donors (Lipinski definition) is 2. The molecule has 4 rings (SSSR count). The molecule has 1 aliphatic heterocycles. The molecule has 1 saturated heterocycles. The molecule has 2 heterocycles. The Bertz CT molecular complexity index is 1330. The largest absolute Gasteiger partial charge is 0.366 e. The van der Waals surface area contributed by atoms with Crippen LogP contribution in [0.4, 0.5) is 10.5 Å². The molecule has 1 aliphatic rings. The summed E-state index contributed by atoms with van der Waals surface area (Å²) in [5.41, 5.74) is 10.0. The molecule has 8 heteroatoms. The fourth-order valence-corrected chi connectivity index (χ4v) is 3.85. The number of imide groups is 2. The van der Waals surface area contributed by atoms with Crippen molar-refractivity contribution in [2.45, 2.75) is 20.8 Å². The molecule has 8 nitrogen and oxygen atoms in total. The zero-order chi connectivity index (χ0) is 23.9. The monoisotopic (exact) mass is 442 g/mol. The number of benzene rings is 2. The maximum atomic E-state index is 13.1. The van der Waals surface area contributed by atoms with E-state index in [1.54, 1.807) is 48.5 Å². The van der Waals surface area contributed by atoms with E-state index < -0.39 is 23.8 Å². The SMILES string of the molecule is Cc1ccc(N2C(=O)NC(=O)/C(=C\c3cc(C)n(-c4ccc(C(N)=O)cc4)c3C)C2=O)cc1. The molecule has 2 aromatic carbocycles. The predicted octanol–water partition coefficient (Wildman–Crippen LogP) is 3.17. The van der Waals surface area contributed by atoms with Gasteiger partial charge < -0.3 is 10.3 Å². The second-order valence-corrected chi connectivity index (χ2v) is 7.87.